The molecule has 0 radical (unpaired) electrons. The lowest BCUT2D eigenvalue weighted by Crippen LogP contribution is -2.41. The third-order valence-corrected chi connectivity index (χ3v) is 3.75. The van der Waals surface area contributed by atoms with Gasteiger partial charge in [-0.25, -0.2) is 0 Å². The van der Waals surface area contributed by atoms with E-state index in [1.165, 1.54) is 0 Å². The average Bonchev–Trinajstić information content (AvgIpc) is 2.93. The number of halogens is 1. The summed E-state index contributed by atoms with van der Waals surface area (Å²) in [6, 6.07) is 5.85. The van der Waals surface area contributed by atoms with Gasteiger partial charge in [0.25, 0.3) is 11.7 Å². The maximum Gasteiger partial charge on any atom is 0.292 e. The van der Waals surface area contributed by atoms with Crippen LogP contribution in [0, 0.1) is 6.92 Å². The van der Waals surface area contributed by atoms with E-state index < -0.39 is 5.79 Å². The summed E-state index contributed by atoms with van der Waals surface area (Å²) in [6.45, 7) is 3.54. The Kier molecular flexibility index (Phi) is 2.92. The Morgan fingerprint density at radius 3 is 2.78 bits per heavy atom. The van der Waals surface area contributed by atoms with Crippen molar-refractivity contribution in [3.05, 3.63) is 29.3 Å². The molecule has 1 spiro atoms. The molecule has 1 aromatic rings. The molecular formula is C13H14BrNO3. The van der Waals surface area contributed by atoms with Crippen molar-refractivity contribution in [3.63, 3.8) is 0 Å². The van der Waals surface area contributed by atoms with Crippen LogP contribution in [0.25, 0.3) is 0 Å². The summed E-state index contributed by atoms with van der Waals surface area (Å²) in [5.74, 6) is -1.30. The van der Waals surface area contributed by atoms with E-state index in [-0.39, 0.29) is 5.91 Å². The maximum atomic E-state index is 12.6. The summed E-state index contributed by atoms with van der Waals surface area (Å²) < 4.78 is 11.3. The zero-order valence-corrected chi connectivity index (χ0v) is 11.7. The number of hydrogen-bond acceptors (Lipinski definition) is 3. The number of hydrogen-bond donors (Lipinski definition) is 0. The number of benzene rings is 1. The number of amides is 1. The average molecular weight is 312 g/mol. The van der Waals surface area contributed by atoms with Crippen LogP contribution in [0.2, 0.25) is 0 Å². The molecule has 0 bridgehead atoms. The summed E-state index contributed by atoms with van der Waals surface area (Å²) >= 11 is 3.38. The Morgan fingerprint density at radius 2 is 2.11 bits per heavy atom. The number of rotatable bonds is 2. The molecule has 18 heavy (non-hydrogen) atoms. The molecule has 96 valence electrons. The Balaban J connectivity index is 2.17. The molecule has 0 atom stereocenters. The number of nitrogens with zero attached hydrogens (tertiary/aromatic N) is 1. The number of carbonyl (C=O) groups excluding carboxylic acids is 1. The number of carbonyl (C=O) groups is 1. The molecule has 1 amide bonds. The van der Waals surface area contributed by atoms with Crippen LogP contribution >= 0.6 is 15.9 Å². The molecule has 1 saturated heterocycles. The van der Waals surface area contributed by atoms with Gasteiger partial charge in [-0.05, 0) is 12.5 Å². The minimum absolute atomic E-state index is 0.108. The number of ether oxygens (including phenoxy) is 2. The largest absolute Gasteiger partial charge is 0.336 e. The number of aryl methyl sites for hydroxylation is 1. The third kappa shape index (κ3) is 1.47. The van der Waals surface area contributed by atoms with Crippen molar-refractivity contribution in [1.29, 1.82) is 0 Å². The monoisotopic (exact) mass is 311 g/mol. The van der Waals surface area contributed by atoms with Gasteiger partial charge in [-0.1, -0.05) is 34.1 Å². The number of anilines is 1. The highest BCUT2D eigenvalue weighted by Gasteiger charge is 2.56. The lowest BCUT2D eigenvalue weighted by atomic mass is 10.0. The highest BCUT2D eigenvalue weighted by atomic mass is 79.9. The fourth-order valence-corrected chi connectivity index (χ4v) is 3.02. The molecule has 0 aliphatic carbocycles. The summed E-state index contributed by atoms with van der Waals surface area (Å²) in [7, 11) is 0. The normalized spacial score (nSPS) is 20.8. The van der Waals surface area contributed by atoms with Crippen LogP contribution in [0.4, 0.5) is 5.69 Å². The van der Waals surface area contributed by atoms with Crippen molar-refractivity contribution < 1.29 is 14.3 Å². The molecule has 2 aliphatic heterocycles. The molecule has 0 unspecified atom stereocenters. The van der Waals surface area contributed by atoms with Gasteiger partial charge >= 0.3 is 0 Å². The summed E-state index contributed by atoms with van der Waals surface area (Å²) in [5.41, 5.74) is 2.84. The Morgan fingerprint density at radius 1 is 1.39 bits per heavy atom. The molecular weight excluding hydrogens is 298 g/mol. The van der Waals surface area contributed by atoms with Gasteiger partial charge in [-0.2, -0.15) is 0 Å². The van der Waals surface area contributed by atoms with Crippen molar-refractivity contribution in [2.45, 2.75) is 12.7 Å². The minimum Gasteiger partial charge on any atom is -0.336 e. The number of alkyl halides is 1. The first-order chi connectivity index (χ1) is 8.70. The first-order valence-electron chi connectivity index (χ1n) is 5.96. The molecule has 3 rings (SSSR count). The van der Waals surface area contributed by atoms with Crippen molar-refractivity contribution >= 4 is 27.5 Å². The van der Waals surface area contributed by atoms with Crippen molar-refractivity contribution in [1.82, 2.24) is 0 Å². The Bertz CT molecular complexity index is 497. The van der Waals surface area contributed by atoms with E-state index in [2.05, 4.69) is 15.9 Å². The van der Waals surface area contributed by atoms with E-state index in [4.69, 9.17) is 9.47 Å². The van der Waals surface area contributed by atoms with E-state index in [1.54, 1.807) is 4.90 Å². The van der Waals surface area contributed by atoms with Crippen LogP contribution in [0.1, 0.15) is 11.1 Å². The first-order valence-corrected chi connectivity index (χ1v) is 7.09. The second kappa shape index (κ2) is 4.33. The quantitative estimate of drug-likeness (QED) is 0.784. The first kappa shape index (κ1) is 12.1. The van der Waals surface area contributed by atoms with Crippen molar-refractivity contribution in [2.24, 2.45) is 0 Å². The second-order valence-corrected chi connectivity index (χ2v) is 5.22. The van der Waals surface area contributed by atoms with Gasteiger partial charge in [-0.15, -0.1) is 0 Å². The summed E-state index contributed by atoms with van der Waals surface area (Å²) in [6.07, 6.45) is 0. The number of fused-ring (bicyclic) bond motifs is 2. The van der Waals surface area contributed by atoms with E-state index in [0.717, 1.165) is 22.1 Å². The van der Waals surface area contributed by atoms with Crippen molar-refractivity contribution in [3.8, 4) is 0 Å². The lowest BCUT2D eigenvalue weighted by molar-refractivity contribution is -0.180. The van der Waals surface area contributed by atoms with Crippen LogP contribution in [0.15, 0.2) is 18.2 Å². The highest BCUT2D eigenvalue weighted by molar-refractivity contribution is 9.09. The molecule has 0 aromatic heterocycles. The molecule has 0 N–H and O–H groups in total. The van der Waals surface area contributed by atoms with E-state index in [1.807, 2.05) is 25.1 Å². The summed E-state index contributed by atoms with van der Waals surface area (Å²) in [5, 5.41) is 0.725. The van der Waals surface area contributed by atoms with Crippen LogP contribution in [-0.4, -0.2) is 31.0 Å². The molecule has 2 heterocycles. The highest BCUT2D eigenvalue weighted by Crippen LogP contribution is 2.46. The predicted molar refractivity (Wildman–Crippen MR) is 70.9 cm³/mol. The maximum absolute atomic E-state index is 12.6. The van der Waals surface area contributed by atoms with Crippen LogP contribution in [-0.2, 0) is 20.1 Å². The van der Waals surface area contributed by atoms with E-state index in [0.29, 0.717) is 19.8 Å². The second-order valence-electron chi connectivity index (χ2n) is 4.43. The number of para-hydroxylation sites is 1. The predicted octanol–water partition coefficient (Wildman–Crippen LogP) is 1.94. The Hall–Kier alpha value is -0.910. The standard InChI is InChI=1S/C13H14BrNO3/c1-9-3-2-4-10-11(9)15(6-5-14)12(16)13(10)17-7-8-18-13/h2-4H,5-8H2,1H3. The fraction of sp³-hybridized carbons (Fsp3) is 0.462. The van der Waals surface area contributed by atoms with Gasteiger partial charge in [0.2, 0.25) is 0 Å². The molecule has 1 aromatic carbocycles. The van der Waals surface area contributed by atoms with Gasteiger partial charge in [-0.3, -0.25) is 4.79 Å². The van der Waals surface area contributed by atoms with Crippen molar-refractivity contribution in [2.75, 3.05) is 30.0 Å². The fourth-order valence-electron chi connectivity index (χ4n) is 2.67. The van der Waals surface area contributed by atoms with Crippen LogP contribution in [0.5, 0.6) is 0 Å². The third-order valence-electron chi connectivity index (χ3n) is 3.39. The van der Waals surface area contributed by atoms with Gasteiger partial charge in [0.15, 0.2) is 0 Å². The molecule has 0 saturated carbocycles. The Labute approximate surface area is 114 Å². The van der Waals surface area contributed by atoms with E-state index in [9.17, 15) is 4.79 Å². The van der Waals surface area contributed by atoms with Crippen LogP contribution < -0.4 is 4.90 Å². The van der Waals surface area contributed by atoms with Crippen LogP contribution in [0.3, 0.4) is 0 Å². The SMILES string of the molecule is Cc1cccc2c1N(CCBr)C(=O)C21OCCO1. The molecule has 5 heteroatoms. The molecule has 4 nitrogen and oxygen atoms in total. The lowest BCUT2D eigenvalue weighted by Gasteiger charge is -2.21. The van der Waals surface area contributed by atoms with Gasteiger partial charge in [0.1, 0.15) is 0 Å². The minimum atomic E-state index is -1.19. The van der Waals surface area contributed by atoms with Gasteiger partial charge in [0.05, 0.1) is 18.9 Å². The smallest absolute Gasteiger partial charge is 0.292 e. The topological polar surface area (TPSA) is 38.8 Å². The molecule has 1 fully saturated rings. The zero-order chi connectivity index (χ0) is 12.8. The summed E-state index contributed by atoms with van der Waals surface area (Å²) in [4.78, 5) is 14.3. The van der Waals surface area contributed by atoms with E-state index >= 15 is 0 Å². The zero-order valence-electron chi connectivity index (χ0n) is 10.1. The van der Waals surface area contributed by atoms with Gasteiger partial charge < -0.3 is 14.4 Å². The van der Waals surface area contributed by atoms with Gasteiger partial charge in [0, 0.05) is 17.4 Å². The molecule has 2 aliphatic rings.